The molecule has 244 valence electrons. The Bertz CT molecular complexity index is 781. The van der Waals surface area contributed by atoms with E-state index in [1.807, 2.05) is 12.2 Å². The summed E-state index contributed by atoms with van der Waals surface area (Å²) in [6, 6.07) is 0. The standard InChI is InChI=1S/2C15H28N2O4.Ca/c2*1-3-4-5-6-7-8-14(19)16-9-10-17(11-13(2)18)12-15(20)21;/h2*3,13,18H,1,4-12H2,2H3,(H,16,19)(H,20,21);/q;;+2/p-2. The van der Waals surface area contributed by atoms with Gasteiger partial charge in [0.05, 0.1) is 31.3 Å². The van der Waals surface area contributed by atoms with Crippen LogP contribution in [0.5, 0.6) is 0 Å². The minimum absolute atomic E-state index is 0. The SMILES string of the molecule is C=CCCCCCC(=O)NCCN(CC(=O)O)CC(C)O.C=CCCCCCC([O-])=NCCN(CC(=O)[O-])CC(C)O.[Ca+2]. The second-order valence-corrected chi connectivity index (χ2v) is 10.3. The van der Waals surface area contributed by atoms with Crippen LogP contribution >= 0.6 is 0 Å². The number of carbonyl (C=O) groups is 3. The normalized spacial score (nSPS) is 12.5. The van der Waals surface area contributed by atoms with Crippen molar-refractivity contribution in [2.45, 2.75) is 90.3 Å². The number of nitrogens with one attached hydrogen (secondary N) is 1. The molecule has 0 rings (SSSR count). The van der Waals surface area contributed by atoms with E-state index in [4.69, 9.17) is 5.11 Å². The summed E-state index contributed by atoms with van der Waals surface area (Å²) in [6.07, 6.45) is 11.1. The van der Waals surface area contributed by atoms with Gasteiger partial charge in [-0.2, -0.15) is 0 Å². The minimum atomic E-state index is -1.20. The number of nitrogens with zero attached hydrogens (tertiary/aromatic N) is 3. The Labute approximate surface area is 287 Å². The molecule has 0 spiro atoms. The molecule has 0 fully saturated rings. The third-order valence-electron chi connectivity index (χ3n) is 5.82. The number of amides is 1. The van der Waals surface area contributed by atoms with Crippen LogP contribution in [0.4, 0.5) is 0 Å². The van der Waals surface area contributed by atoms with E-state index in [2.05, 4.69) is 23.5 Å². The van der Waals surface area contributed by atoms with E-state index in [-0.39, 0.29) is 82.3 Å². The first-order chi connectivity index (χ1) is 19.9. The van der Waals surface area contributed by atoms with Crippen LogP contribution in [0.2, 0.25) is 0 Å². The molecule has 0 aliphatic heterocycles. The van der Waals surface area contributed by atoms with E-state index >= 15 is 0 Å². The number of unbranched alkanes of at least 4 members (excludes halogenated alkanes) is 6. The van der Waals surface area contributed by atoms with Crippen LogP contribution in [0.3, 0.4) is 0 Å². The maximum absolute atomic E-state index is 11.6. The second-order valence-electron chi connectivity index (χ2n) is 10.3. The van der Waals surface area contributed by atoms with Crippen LogP contribution < -0.4 is 15.5 Å². The van der Waals surface area contributed by atoms with E-state index in [0.717, 1.165) is 51.4 Å². The van der Waals surface area contributed by atoms with Crippen LogP contribution in [-0.2, 0) is 14.4 Å². The average molecular weight is 639 g/mol. The molecule has 0 bridgehead atoms. The van der Waals surface area contributed by atoms with Gasteiger partial charge in [0, 0.05) is 45.7 Å². The number of carboxylic acid groups (broad SMARTS) is 2. The van der Waals surface area contributed by atoms with E-state index in [1.54, 1.807) is 18.7 Å². The van der Waals surface area contributed by atoms with Gasteiger partial charge in [0.15, 0.2) is 0 Å². The molecule has 0 saturated heterocycles. The Morgan fingerprint density at radius 2 is 1.35 bits per heavy atom. The molecule has 12 nitrogen and oxygen atoms in total. The summed E-state index contributed by atoms with van der Waals surface area (Å²) in [7, 11) is 0. The number of rotatable bonds is 26. The van der Waals surface area contributed by atoms with Gasteiger partial charge in [0.2, 0.25) is 5.91 Å². The molecule has 0 aliphatic carbocycles. The van der Waals surface area contributed by atoms with Crippen molar-refractivity contribution in [3.8, 4) is 0 Å². The van der Waals surface area contributed by atoms with E-state index in [1.165, 1.54) is 4.90 Å². The zero-order valence-electron chi connectivity index (χ0n) is 26.4. The molecule has 4 N–H and O–H groups in total. The molecule has 0 aliphatic rings. The second kappa shape index (κ2) is 31.9. The number of carboxylic acids is 2. The summed E-state index contributed by atoms with van der Waals surface area (Å²) in [5.41, 5.74) is 0. The molecule has 0 radical (unpaired) electrons. The van der Waals surface area contributed by atoms with Gasteiger partial charge >= 0.3 is 43.7 Å². The van der Waals surface area contributed by atoms with Crippen molar-refractivity contribution in [2.24, 2.45) is 4.99 Å². The van der Waals surface area contributed by atoms with Crippen molar-refractivity contribution in [1.29, 1.82) is 0 Å². The fourth-order valence-corrected chi connectivity index (χ4v) is 3.92. The molecule has 0 saturated carbocycles. The number of hydrogen-bond acceptors (Lipinski definition) is 10. The van der Waals surface area contributed by atoms with Crippen LogP contribution in [0.15, 0.2) is 30.3 Å². The molecular weight excluding hydrogens is 584 g/mol. The van der Waals surface area contributed by atoms with Crippen molar-refractivity contribution >= 4 is 61.5 Å². The predicted octanol–water partition coefficient (Wildman–Crippen LogP) is -0.0599. The van der Waals surface area contributed by atoms with Gasteiger partial charge in [-0.25, -0.2) is 0 Å². The Hall–Kier alpha value is -1.54. The molecule has 0 heterocycles. The number of aliphatic hydroxyl groups excluding tert-OH is 2. The number of carbonyl (C=O) groups excluding carboxylic acids is 2. The van der Waals surface area contributed by atoms with Crippen molar-refractivity contribution in [3.05, 3.63) is 25.3 Å². The smallest absolute Gasteiger partial charge is 0.862 e. The van der Waals surface area contributed by atoms with Crippen LogP contribution in [0.1, 0.15) is 78.1 Å². The third kappa shape index (κ3) is 36.6. The summed E-state index contributed by atoms with van der Waals surface area (Å²) < 4.78 is 0. The first kappa shape index (κ1) is 45.9. The minimum Gasteiger partial charge on any atom is -0.862 e. The summed E-state index contributed by atoms with van der Waals surface area (Å²) in [5, 5.41) is 52.2. The van der Waals surface area contributed by atoms with Crippen LogP contribution in [0.25, 0.3) is 0 Å². The fourth-order valence-electron chi connectivity index (χ4n) is 3.92. The monoisotopic (exact) mass is 638 g/mol. The maximum atomic E-state index is 11.6. The topological polar surface area (TPSA) is 189 Å². The van der Waals surface area contributed by atoms with Crippen LogP contribution in [0, 0.1) is 0 Å². The van der Waals surface area contributed by atoms with Gasteiger partial charge in [-0.05, 0) is 64.7 Å². The quantitative estimate of drug-likeness (QED) is 0.0328. The zero-order chi connectivity index (χ0) is 32.2. The van der Waals surface area contributed by atoms with Crippen molar-refractivity contribution in [1.82, 2.24) is 15.1 Å². The largest absolute Gasteiger partial charge is 2.00 e. The van der Waals surface area contributed by atoms with Crippen LogP contribution in [-0.4, -0.2) is 151 Å². The zero-order valence-corrected chi connectivity index (χ0v) is 28.6. The number of allylic oxidation sites excluding steroid dienone is 2. The molecule has 1 amide bonds. The Balaban J connectivity index is -0.000000727. The molecule has 0 aromatic carbocycles. The van der Waals surface area contributed by atoms with Gasteiger partial charge < -0.3 is 40.6 Å². The molecule has 43 heavy (non-hydrogen) atoms. The van der Waals surface area contributed by atoms with Crippen molar-refractivity contribution in [2.75, 3.05) is 52.4 Å². The van der Waals surface area contributed by atoms with E-state index in [0.29, 0.717) is 32.5 Å². The number of aliphatic hydroxyl groups is 2. The third-order valence-corrected chi connectivity index (χ3v) is 5.82. The van der Waals surface area contributed by atoms with Gasteiger partial charge in [-0.3, -0.25) is 19.4 Å². The number of hydrogen-bond donors (Lipinski definition) is 4. The molecule has 13 heteroatoms. The molecule has 2 unspecified atom stereocenters. The molecular formula is C30H54CaN4O8. The Morgan fingerprint density at radius 3 is 1.81 bits per heavy atom. The van der Waals surface area contributed by atoms with E-state index < -0.39 is 24.1 Å². The maximum Gasteiger partial charge on any atom is 2.00 e. The predicted molar refractivity (Wildman–Crippen MR) is 167 cm³/mol. The average Bonchev–Trinajstić information content (AvgIpc) is 2.87. The van der Waals surface area contributed by atoms with Crippen molar-refractivity contribution < 1.29 is 39.9 Å². The van der Waals surface area contributed by atoms with E-state index in [9.17, 15) is 34.8 Å². The first-order valence-electron chi connectivity index (χ1n) is 14.8. The Kier molecular flexibility index (Phi) is 34.0. The fraction of sp³-hybridized carbons (Fsp3) is 0.733. The van der Waals surface area contributed by atoms with Gasteiger partial charge in [0.1, 0.15) is 0 Å². The van der Waals surface area contributed by atoms with Crippen molar-refractivity contribution in [3.63, 3.8) is 0 Å². The first-order valence-corrected chi connectivity index (χ1v) is 14.8. The summed E-state index contributed by atoms with van der Waals surface area (Å²) in [4.78, 5) is 39.9. The van der Waals surface area contributed by atoms with Gasteiger partial charge in [-0.1, -0.05) is 25.0 Å². The number of aliphatic carboxylic acids is 2. The molecule has 0 aromatic heterocycles. The Morgan fingerprint density at radius 1 is 0.837 bits per heavy atom. The molecule has 2 atom stereocenters. The summed E-state index contributed by atoms with van der Waals surface area (Å²) in [5.74, 6) is -2.31. The molecule has 0 aromatic rings. The summed E-state index contributed by atoms with van der Waals surface area (Å²) in [6.45, 7) is 11.9. The summed E-state index contributed by atoms with van der Waals surface area (Å²) >= 11 is 0. The number of aliphatic imine (C=N–C) groups is 1. The van der Waals surface area contributed by atoms with Gasteiger partial charge in [-0.15, -0.1) is 13.2 Å². The van der Waals surface area contributed by atoms with Gasteiger partial charge in [0.25, 0.3) is 0 Å².